The van der Waals surface area contributed by atoms with Gasteiger partial charge in [0.2, 0.25) is 0 Å². The molecule has 2 aromatic carbocycles. The van der Waals surface area contributed by atoms with Crippen LogP contribution in [-0.2, 0) is 16.2 Å². The van der Waals surface area contributed by atoms with Crippen molar-refractivity contribution in [1.29, 1.82) is 0 Å². The Kier molecular flexibility index (Phi) is 4.32. The Morgan fingerprint density at radius 1 is 1.05 bits per heavy atom. The fourth-order valence-corrected chi connectivity index (χ4v) is 3.11. The van der Waals surface area contributed by atoms with E-state index in [9.17, 15) is 21.6 Å². The normalized spacial score (nSPS) is 12.0. The van der Waals surface area contributed by atoms with Crippen LogP contribution >= 0.6 is 0 Å². The smallest absolute Gasteiger partial charge is 0.417 e. The van der Waals surface area contributed by atoms with E-state index in [4.69, 9.17) is 4.74 Å². The highest BCUT2D eigenvalue weighted by Crippen LogP contribution is 2.34. The predicted octanol–water partition coefficient (Wildman–Crippen LogP) is 3.51. The van der Waals surface area contributed by atoms with Gasteiger partial charge in [-0.15, -0.1) is 0 Å². The first-order chi connectivity index (χ1) is 10.2. The molecule has 0 fully saturated rings. The quantitative estimate of drug-likeness (QED) is 0.933. The molecule has 22 heavy (non-hydrogen) atoms. The van der Waals surface area contributed by atoms with Crippen LogP contribution in [0.2, 0.25) is 0 Å². The summed E-state index contributed by atoms with van der Waals surface area (Å²) in [5, 5.41) is 0. The Labute approximate surface area is 125 Å². The van der Waals surface area contributed by atoms with Gasteiger partial charge in [-0.1, -0.05) is 18.2 Å². The van der Waals surface area contributed by atoms with Crippen molar-refractivity contribution in [2.24, 2.45) is 0 Å². The lowest BCUT2D eigenvalue weighted by atomic mass is 10.2. The molecule has 1 N–H and O–H groups in total. The summed E-state index contributed by atoms with van der Waals surface area (Å²) in [4.78, 5) is -0.828. The first-order valence-electron chi connectivity index (χ1n) is 6.07. The molecule has 0 saturated carbocycles. The molecule has 0 aliphatic heterocycles. The van der Waals surface area contributed by atoms with Gasteiger partial charge in [0.05, 0.1) is 23.3 Å². The second-order valence-electron chi connectivity index (χ2n) is 4.33. The molecule has 118 valence electrons. The minimum absolute atomic E-state index is 0.108. The van der Waals surface area contributed by atoms with Gasteiger partial charge in [0.1, 0.15) is 5.75 Å². The van der Waals surface area contributed by atoms with Crippen LogP contribution in [-0.4, -0.2) is 15.5 Å². The number of anilines is 1. The molecule has 0 aliphatic carbocycles. The van der Waals surface area contributed by atoms with E-state index in [-0.39, 0.29) is 5.69 Å². The zero-order valence-corrected chi connectivity index (χ0v) is 12.2. The summed E-state index contributed by atoms with van der Waals surface area (Å²) in [7, 11) is -2.98. The van der Waals surface area contributed by atoms with Gasteiger partial charge in [-0.25, -0.2) is 8.42 Å². The molecule has 0 atom stereocenters. The van der Waals surface area contributed by atoms with Crippen molar-refractivity contribution in [1.82, 2.24) is 0 Å². The highest BCUT2D eigenvalue weighted by atomic mass is 32.2. The first-order valence-corrected chi connectivity index (χ1v) is 7.55. The summed E-state index contributed by atoms with van der Waals surface area (Å²) < 4.78 is 70.3. The molecule has 8 heteroatoms. The van der Waals surface area contributed by atoms with E-state index in [2.05, 4.69) is 4.72 Å². The van der Waals surface area contributed by atoms with Crippen LogP contribution < -0.4 is 9.46 Å². The van der Waals surface area contributed by atoms with E-state index < -0.39 is 26.7 Å². The van der Waals surface area contributed by atoms with Crippen molar-refractivity contribution < 1.29 is 26.3 Å². The van der Waals surface area contributed by atoms with E-state index >= 15 is 0 Å². The lowest BCUT2D eigenvalue weighted by molar-refractivity contribution is -0.139. The van der Waals surface area contributed by atoms with Gasteiger partial charge in [0.15, 0.2) is 0 Å². The monoisotopic (exact) mass is 331 g/mol. The molecule has 0 aromatic heterocycles. The molecule has 0 saturated heterocycles. The van der Waals surface area contributed by atoms with Crippen molar-refractivity contribution in [3.8, 4) is 5.75 Å². The highest BCUT2D eigenvalue weighted by molar-refractivity contribution is 7.92. The van der Waals surface area contributed by atoms with Gasteiger partial charge in [0, 0.05) is 6.07 Å². The number of hydrogen-bond acceptors (Lipinski definition) is 3. The van der Waals surface area contributed by atoms with Crippen LogP contribution in [0.1, 0.15) is 5.56 Å². The molecule has 2 rings (SSSR count). The molecule has 0 radical (unpaired) electrons. The van der Waals surface area contributed by atoms with Crippen LogP contribution in [0.25, 0.3) is 0 Å². The van der Waals surface area contributed by atoms with Gasteiger partial charge in [-0.3, -0.25) is 4.72 Å². The van der Waals surface area contributed by atoms with E-state index in [1.54, 1.807) is 6.07 Å². The number of benzene rings is 2. The maximum Gasteiger partial charge on any atom is 0.417 e. The summed E-state index contributed by atoms with van der Waals surface area (Å²) in [5.74, 6) is 0.379. The predicted molar refractivity (Wildman–Crippen MR) is 75.2 cm³/mol. The molecule has 0 bridgehead atoms. The summed E-state index contributed by atoms with van der Waals surface area (Å²) in [6.07, 6.45) is -4.76. The zero-order chi connectivity index (χ0) is 16.4. The van der Waals surface area contributed by atoms with Gasteiger partial charge in [-0.05, 0) is 24.3 Å². The second kappa shape index (κ2) is 5.88. The molecular weight excluding hydrogens is 319 g/mol. The van der Waals surface area contributed by atoms with E-state index in [0.717, 1.165) is 18.2 Å². The SMILES string of the molecule is COc1cccc(NS(=O)(=O)c2ccccc2C(F)(F)F)c1. The van der Waals surface area contributed by atoms with Crippen LogP contribution in [0.4, 0.5) is 18.9 Å². The maximum atomic E-state index is 12.9. The molecule has 0 heterocycles. The van der Waals surface area contributed by atoms with Crippen LogP contribution in [0.3, 0.4) is 0 Å². The van der Waals surface area contributed by atoms with Crippen molar-refractivity contribution in [2.75, 3.05) is 11.8 Å². The van der Waals surface area contributed by atoms with Crippen molar-refractivity contribution in [3.63, 3.8) is 0 Å². The highest BCUT2D eigenvalue weighted by Gasteiger charge is 2.36. The number of sulfonamides is 1. The second-order valence-corrected chi connectivity index (χ2v) is 5.98. The van der Waals surface area contributed by atoms with Crippen LogP contribution in [0.5, 0.6) is 5.75 Å². The third-order valence-corrected chi connectivity index (χ3v) is 4.24. The van der Waals surface area contributed by atoms with E-state index in [1.165, 1.54) is 31.4 Å². The number of alkyl halides is 3. The molecule has 0 spiro atoms. The number of methoxy groups -OCH3 is 1. The van der Waals surface area contributed by atoms with Gasteiger partial charge in [-0.2, -0.15) is 13.2 Å². The average molecular weight is 331 g/mol. The molecule has 0 aliphatic rings. The Morgan fingerprint density at radius 3 is 2.36 bits per heavy atom. The minimum Gasteiger partial charge on any atom is -0.497 e. The maximum absolute atomic E-state index is 12.9. The van der Waals surface area contributed by atoms with Gasteiger partial charge < -0.3 is 4.74 Å². The Morgan fingerprint density at radius 2 is 1.73 bits per heavy atom. The number of halogens is 3. The van der Waals surface area contributed by atoms with E-state index in [0.29, 0.717) is 5.75 Å². The third kappa shape index (κ3) is 3.51. The van der Waals surface area contributed by atoms with Crippen LogP contribution in [0, 0.1) is 0 Å². The summed E-state index contributed by atoms with van der Waals surface area (Å²) >= 11 is 0. The largest absolute Gasteiger partial charge is 0.497 e. The van der Waals surface area contributed by atoms with Gasteiger partial charge in [0.25, 0.3) is 10.0 Å². The molecule has 2 aromatic rings. The van der Waals surface area contributed by atoms with E-state index in [1.807, 2.05) is 0 Å². The Bertz CT molecular complexity index is 773. The van der Waals surface area contributed by atoms with Crippen LogP contribution in [0.15, 0.2) is 53.4 Å². The standard InChI is InChI=1S/C14H12F3NO3S/c1-21-11-6-4-5-10(9-11)18-22(19,20)13-8-3-2-7-12(13)14(15,16)17/h2-9,18H,1H3. The number of rotatable bonds is 4. The fraction of sp³-hybridized carbons (Fsp3) is 0.143. The fourth-order valence-electron chi connectivity index (χ4n) is 1.83. The Hall–Kier alpha value is -2.22. The van der Waals surface area contributed by atoms with Gasteiger partial charge >= 0.3 is 6.18 Å². The summed E-state index contributed by atoms with van der Waals surface area (Å²) in [6.45, 7) is 0. The molecule has 4 nitrogen and oxygen atoms in total. The summed E-state index contributed by atoms with van der Waals surface area (Å²) in [5.41, 5.74) is -1.11. The molecule has 0 unspecified atom stereocenters. The number of hydrogen-bond donors (Lipinski definition) is 1. The number of nitrogens with one attached hydrogen (secondary N) is 1. The summed E-state index contributed by atoms with van der Waals surface area (Å²) in [6, 6.07) is 9.88. The van der Waals surface area contributed by atoms with Crippen molar-refractivity contribution in [2.45, 2.75) is 11.1 Å². The number of ether oxygens (including phenoxy) is 1. The third-order valence-electron chi connectivity index (χ3n) is 2.80. The molecular formula is C14H12F3NO3S. The lowest BCUT2D eigenvalue weighted by Crippen LogP contribution is -2.18. The lowest BCUT2D eigenvalue weighted by Gasteiger charge is -2.14. The minimum atomic E-state index is -4.76. The topological polar surface area (TPSA) is 55.4 Å². The zero-order valence-electron chi connectivity index (χ0n) is 11.4. The Balaban J connectivity index is 2.43. The average Bonchev–Trinajstić information content (AvgIpc) is 2.46. The molecule has 0 amide bonds. The first kappa shape index (κ1) is 16.2. The van der Waals surface area contributed by atoms with Crippen molar-refractivity contribution in [3.05, 3.63) is 54.1 Å². The van der Waals surface area contributed by atoms with Crippen molar-refractivity contribution >= 4 is 15.7 Å².